The second-order valence-corrected chi connectivity index (χ2v) is 5.10. The minimum atomic E-state index is 0.604. The van der Waals surface area contributed by atoms with E-state index in [9.17, 15) is 0 Å². The predicted molar refractivity (Wildman–Crippen MR) is 75.1 cm³/mol. The van der Waals surface area contributed by atoms with E-state index < -0.39 is 0 Å². The summed E-state index contributed by atoms with van der Waals surface area (Å²) in [5.41, 5.74) is 9.85. The Hall–Kier alpha value is -1.66. The molecule has 20 heavy (non-hydrogen) atoms. The first kappa shape index (κ1) is 14.7. The third kappa shape index (κ3) is 3.08. The SMILES string of the molecule is Cc1noc(C)c1CN(CCN)Cc1c(C)noc1C. The number of aromatic nitrogens is 2. The van der Waals surface area contributed by atoms with Gasteiger partial charge in [-0.1, -0.05) is 10.3 Å². The molecule has 6 nitrogen and oxygen atoms in total. The van der Waals surface area contributed by atoms with Gasteiger partial charge in [0, 0.05) is 37.3 Å². The van der Waals surface area contributed by atoms with Gasteiger partial charge in [0.15, 0.2) is 0 Å². The molecule has 0 atom stereocenters. The molecule has 2 N–H and O–H groups in total. The summed E-state index contributed by atoms with van der Waals surface area (Å²) >= 11 is 0. The van der Waals surface area contributed by atoms with Crippen LogP contribution in [0.5, 0.6) is 0 Å². The number of nitrogens with zero attached hydrogens (tertiary/aromatic N) is 3. The Balaban J connectivity index is 2.16. The molecule has 0 amide bonds. The fraction of sp³-hybridized carbons (Fsp3) is 0.571. The molecule has 2 aromatic rings. The Bertz CT molecular complexity index is 486. The molecular weight excluding hydrogens is 256 g/mol. The van der Waals surface area contributed by atoms with E-state index >= 15 is 0 Å². The minimum Gasteiger partial charge on any atom is -0.361 e. The Morgan fingerprint density at radius 3 is 1.65 bits per heavy atom. The van der Waals surface area contributed by atoms with Crippen molar-refractivity contribution < 1.29 is 9.05 Å². The van der Waals surface area contributed by atoms with Crippen LogP contribution in [0.3, 0.4) is 0 Å². The molecule has 0 spiro atoms. The zero-order valence-electron chi connectivity index (χ0n) is 12.6. The zero-order valence-corrected chi connectivity index (χ0v) is 12.6. The van der Waals surface area contributed by atoms with Crippen LogP contribution in [0.1, 0.15) is 34.0 Å². The molecule has 6 heteroatoms. The lowest BCUT2D eigenvalue weighted by atomic mass is 10.1. The van der Waals surface area contributed by atoms with Gasteiger partial charge in [0.25, 0.3) is 0 Å². The summed E-state index contributed by atoms with van der Waals surface area (Å²) in [6, 6.07) is 0. The van der Waals surface area contributed by atoms with Gasteiger partial charge in [0.1, 0.15) is 11.5 Å². The fourth-order valence-corrected chi connectivity index (χ4v) is 2.30. The topological polar surface area (TPSA) is 81.3 Å². The van der Waals surface area contributed by atoms with Crippen molar-refractivity contribution in [2.24, 2.45) is 5.73 Å². The van der Waals surface area contributed by atoms with E-state index in [4.69, 9.17) is 14.8 Å². The molecule has 2 aromatic heterocycles. The van der Waals surface area contributed by atoms with Gasteiger partial charge in [-0.25, -0.2) is 0 Å². The van der Waals surface area contributed by atoms with E-state index in [1.54, 1.807) is 0 Å². The fourth-order valence-electron chi connectivity index (χ4n) is 2.30. The average molecular weight is 278 g/mol. The van der Waals surface area contributed by atoms with Gasteiger partial charge in [0.05, 0.1) is 11.4 Å². The van der Waals surface area contributed by atoms with Crippen molar-refractivity contribution in [1.82, 2.24) is 15.2 Å². The average Bonchev–Trinajstić information content (AvgIpc) is 2.89. The molecule has 0 unspecified atom stereocenters. The maximum Gasteiger partial charge on any atom is 0.138 e. The van der Waals surface area contributed by atoms with E-state index in [1.807, 2.05) is 27.7 Å². The van der Waals surface area contributed by atoms with Crippen LogP contribution >= 0.6 is 0 Å². The van der Waals surface area contributed by atoms with Crippen LogP contribution in [-0.4, -0.2) is 28.3 Å². The van der Waals surface area contributed by atoms with Crippen molar-refractivity contribution in [1.29, 1.82) is 0 Å². The highest BCUT2D eigenvalue weighted by Gasteiger charge is 2.17. The van der Waals surface area contributed by atoms with Crippen molar-refractivity contribution in [3.63, 3.8) is 0 Å². The highest BCUT2D eigenvalue weighted by molar-refractivity contribution is 5.23. The predicted octanol–water partition coefficient (Wildman–Crippen LogP) is 1.86. The number of nitrogens with two attached hydrogens (primary N) is 1. The maximum absolute atomic E-state index is 5.72. The van der Waals surface area contributed by atoms with Gasteiger partial charge in [-0.2, -0.15) is 0 Å². The van der Waals surface area contributed by atoms with Crippen LogP contribution in [0.4, 0.5) is 0 Å². The lowest BCUT2D eigenvalue weighted by Crippen LogP contribution is -2.29. The van der Waals surface area contributed by atoms with E-state index in [0.29, 0.717) is 6.54 Å². The van der Waals surface area contributed by atoms with Gasteiger partial charge in [0.2, 0.25) is 0 Å². The Morgan fingerprint density at radius 2 is 1.35 bits per heavy atom. The molecule has 0 aliphatic heterocycles. The first-order valence-electron chi connectivity index (χ1n) is 6.78. The molecule has 0 bridgehead atoms. The Morgan fingerprint density at radius 1 is 0.900 bits per heavy atom. The van der Waals surface area contributed by atoms with E-state index in [1.165, 1.54) is 0 Å². The summed E-state index contributed by atoms with van der Waals surface area (Å²) in [6.45, 7) is 10.7. The van der Waals surface area contributed by atoms with Crippen molar-refractivity contribution >= 4 is 0 Å². The van der Waals surface area contributed by atoms with Crippen molar-refractivity contribution in [2.45, 2.75) is 40.8 Å². The lowest BCUT2D eigenvalue weighted by Gasteiger charge is -2.21. The summed E-state index contributed by atoms with van der Waals surface area (Å²) < 4.78 is 10.4. The van der Waals surface area contributed by atoms with Crippen LogP contribution in [0.15, 0.2) is 9.05 Å². The van der Waals surface area contributed by atoms with Crippen molar-refractivity contribution in [2.75, 3.05) is 13.1 Å². The van der Waals surface area contributed by atoms with Gasteiger partial charge >= 0.3 is 0 Å². The number of rotatable bonds is 6. The van der Waals surface area contributed by atoms with Crippen LogP contribution in [0, 0.1) is 27.7 Å². The minimum absolute atomic E-state index is 0.604. The van der Waals surface area contributed by atoms with Crippen LogP contribution in [0.2, 0.25) is 0 Å². The molecule has 0 saturated heterocycles. The molecule has 0 aliphatic rings. The number of hydrogen-bond acceptors (Lipinski definition) is 6. The normalized spacial score (nSPS) is 11.5. The van der Waals surface area contributed by atoms with Crippen LogP contribution in [-0.2, 0) is 13.1 Å². The molecule has 0 fully saturated rings. The monoisotopic (exact) mass is 278 g/mol. The van der Waals surface area contributed by atoms with Gasteiger partial charge in [-0.15, -0.1) is 0 Å². The zero-order chi connectivity index (χ0) is 14.7. The second kappa shape index (κ2) is 6.19. The molecular formula is C14H22N4O2. The molecule has 0 radical (unpaired) electrons. The third-order valence-electron chi connectivity index (χ3n) is 3.57. The first-order chi connectivity index (χ1) is 9.52. The quantitative estimate of drug-likeness (QED) is 0.868. The second-order valence-electron chi connectivity index (χ2n) is 5.10. The highest BCUT2D eigenvalue weighted by Crippen LogP contribution is 2.19. The van der Waals surface area contributed by atoms with E-state index in [-0.39, 0.29) is 0 Å². The molecule has 110 valence electrons. The Labute approximate surface area is 118 Å². The van der Waals surface area contributed by atoms with Crippen molar-refractivity contribution in [3.05, 3.63) is 34.0 Å². The number of aryl methyl sites for hydroxylation is 4. The summed E-state index contributed by atoms with van der Waals surface area (Å²) in [6.07, 6.45) is 0. The molecule has 2 heterocycles. The smallest absolute Gasteiger partial charge is 0.138 e. The lowest BCUT2D eigenvalue weighted by molar-refractivity contribution is 0.259. The third-order valence-corrected chi connectivity index (χ3v) is 3.57. The van der Waals surface area contributed by atoms with Gasteiger partial charge < -0.3 is 14.8 Å². The first-order valence-corrected chi connectivity index (χ1v) is 6.78. The maximum atomic E-state index is 5.72. The van der Waals surface area contributed by atoms with Crippen molar-refractivity contribution in [3.8, 4) is 0 Å². The van der Waals surface area contributed by atoms with Gasteiger partial charge in [-0.05, 0) is 27.7 Å². The van der Waals surface area contributed by atoms with Crippen LogP contribution in [0.25, 0.3) is 0 Å². The standard InChI is InChI=1S/C14H22N4O2/c1-9-13(11(3)19-16-9)7-18(6-5-15)8-14-10(2)17-20-12(14)4/h5-8,15H2,1-4H3. The molecule has 0 aromatic carbocycles. The van der Waals surface area contributed by atoms with E-state index in [2.05, 4.69) is 15.2 Å². The number of hydrogen-bond donors (Lipinski definition) is 1. The molecule has 2 rings (SSSR count). The van der Waals surface area contributed by atoms with Crippen LogP contribution < -0.4 is 5.73 Å². The molecule has 0 saturated carbocycles. The molecule has 0 aliphatic carbocycles. The highest BCUT2D eigenvalue weighted by atomic mass is 16.5. The summed E-state index contributed by atoms with van der Waals surface area (Å²) in [7, 11) is 0. The van der Waals surface area contributed by atoms with Gasteiger partial charge in [-0.3, -0.25) is 4.90 Å². The Kier molecular flexibility index (Phi) is 4.57. The largest absolute Gasteiger partial charge is 0.361 e. The summed E-state index contributed by atoms with van der Waals surface area (Å²) in [5, 5.41) is 8.00. The summed E-state index contributed by atoms with van der Waals surface area (Å²) in [5.74, 6) is 1.73. The summed E-state index contributed by atoms with van der Waals surface area (Å²) in [4.78, 5) is 2.26. The van der Waals surface area contributed by atoms with E-state index in [0.717, 1.165) is 53.7 Å².